The molecule has 148 valence electrons. The van der Waals surface area contributed by atoms with E-state index in [2.05, 4.69) is 41.5 Å². The number of anilines is 1. The second-order valence-electron chi connectivity index (χ2n) is 6.96. The van der Waals surface area contributed by atoms with Crippen molar-refractivity contribution in [2.24, 2.45) is 0 Å². The van der Waals surface area contributed by atoms with Crippen LogP contribution in [-0.4, -0.2) is 20.7 Å². The molecule has 1 aromatic carbocycles. The molecule has 0 aliphatic heterocycles. The summed E-state index contributed by atoms with van der Waals surface area (Å²) in [4.78, 5) is 12.6. The minimum absolute atomic E-state index is 0.0119. The minimum atomic E-state index is -0.493. The molecule has 1 amide bonds. The summed E-state index contributed by atoms with van der Waals surface area (Å²) < 4.78 is 2.01. The molecule has 0 spiro atoms. The first-order chi connectivity index (χ1) is 13.9. The predicted molar refractivity (Wildman–Crippen MR) is 116 cm³/mol. The van der Waals surface area contributed by atoms with Crippen LogP contribution in [0.1, 0.15) is 48.5 Å². The van der Waals surface area contributed by atoms with Gasteiger partial charge in [-0.1, -0.05) is 50.3 Å². The lowest BCUT2D eigenvalue weighted by Crippen LogP contribution is -2.13. The fourth-order valence-corrected chi connectivity index (χ4v) is 3.79. The lowest BCUT2D eigenvalue weighted by Gasteiger charge is -2.15. The molecular weight excluding hydrogens is 382 g/mol. The van der Waals surface area contributed by atoms with E-state index in [0.29, 0.717) is 5.13 Å². The van der Waals surface area contributed by atoms with Crippen molar-refractivity contribution >= 4 is 28.5 Å². The van der Waals surface area contributed by atoms with Crippen LogP contribution in [0.25, 0.3) is 11.8 Å². The average Bonchev–Trinajstić information content (AvgIpc) is 3.35. The maximum atomic E-state index is 12.6. The largest absolute Gasteiger partial charge is 0.317 e. The molecule has 0 saturated carbocycles. The Balaban J connectivity index is 1.92. The fourth-order valence-electron chi connectivity index (χ4n) is 3.04. The number of nitriles is 1. The van der Waals surface area contributed by atoms with Gasteiger partial charge in [0, 0.05) is 17.8 Å². The van der Waals surface area contributed by atoms with Crippen LogP contribution >= 0.6 is 11.3 Å². The Kier molecular flexibility index (Phi) is 6.25. The predicted octanol–water partition coefficient (Wildman–Crippen LogP) is 4.87. The van der Waals surface area contributed by atoms with Crippen molar-refractivity contribution in [1.29, 1.82) is 5.26 Å². The van der Waals surface area contributed by atoms with E-state index >= 15 is 0 Å². The van der Waals surface area contributed by atoms with Gasteiger partial charge in [0.25, 0.3) is 5.91 Å². The van der Waals surface area contributed by atoms with E-state index in [9.17, 15) is 10.1 Å². The van der Waals surface area contributed by atoms with Crippen molar-refractivity contribution in [1.82, 2.24) is 14.8 Å². The molecule has 2 aromatic heterocycles. The number of nitrogens with zero attached hydrogens (tertiary/aromatic N) is 4. The third-order valence-corrected chi connectivity index (χ3v) is 5.67. The summed E-state index contributed by atoms with van der Waals surface area (Å²) in [6.07, 6.45) is 4.44. The van der Waals surface area contributed by atoms with Crippen LogP contribution < -0.4 is 5.32 Å². The van der Waals surface area contributed by atoms with Crippen molar-refractivity contribution in [3.05, 3.63) is 63.9 Å². The molecule has 0 unspecified atom stereocenters. The first-order valence-corrected chi connectivity index (χ1v) is 10.3. The maximum absolute atomic E-state index is 12.6. The quantitative estimate of drug-likeness (QED) is 0.468. The summed E-state index contributed by atoms with van der Waals surface area (Å²) >= 11 is 1.32. The molecule has 1 N–H and O–H groups in total. The molecule has 2 heterocycles. The molecule has 0 fully saturated rings. The Hall–Kier alpha value is -3.24. The number of carbonyl (C=O) groups is 1. The van der Waals surface area contributed by atoms with Gasteiger partial charge in [0.2, 0.25) is 5.13 Å². The number of carbonyl (C=O) groups excluding carboxylic acids is 1. The number of nitrogens with one attached hydrogen (secondary N) is 1. The summed E-state index contributed by atoms with van der Waals surface area (Å²) in [6, 6.07) is 12.0. The molecule has 3 aromatic rings. The van der Waals surface area contributed by atoms with Crippen molar-refractivity contribution in [2.45, 2.75) is 40.0 Å². The molecule has 0 aliphatic rings. The van der Waals surface area contributed by atoms with Gasteiger partial charge in [-0.3, -0.25) is 10.1 Å². The number of benzene rings is 1. The number of rotatable bonds is 6. The van der Waals surface area contributed by atoms with E-state index in [4.69, 9.17) is 0 Å². The standard InChI is InChI=1S/C22H23N5OS/c1-5-16-9-6-8-15(4)19(16)27-11-7-10-18(27)12-17(13-23)20(28)24-22-26-25-21(29-22)14(2)3/h6-12,14H,5H2,1-4H3,(H,24,26,28)/b17-12-. The lowest BCUT2D eigenvalue weighted by molar-refractivity contribution is -0.112. The van der Waals surface area contributed by atoms with Crippen LogP contribution in [0.5, 0.6) is 0 Å². The fraction of sp³-hybridized carbons (Fsp3) is 0.273. The Morgan fingerprint density at radius 3 is 2.76 bits per heavy atom. The highest BCUT2D eigenvalue weighted by molar-refractivity contribution is 7.15. The highest BCUT2D eigenvalue weighted by Crippen LogP contribution is 2.25. The van der Waals surface area contributed by atoms with Gasteiger partial charge >= 0.3 is 0 Å². The van der Waals surface area contributed by atoms with E-state index in [1.165, 1.54) is 16.9 Å². The summed E-state index contributed by atoms with van der Waals surface area (Å²) in [5.41, 5.74) is 4.19. The van der Waals surface area contributed by atoms with Gasteiger partial charge in [0.05, 0.1) is 5.69 Å². The molecule has 0 saturated heterocycles. The van der Waals surface area contributed by atoms with Crippen molar-refractivity contribution in [2.75, 3.05) is 5.32 Å². The van der Waals surface area contributed by atoms with Gasteiger partial charge in [-0.2, -0.15) is 5.26 Å². The zero-order valence-corrected chi connectivity index (χ0v) is 17.7. The van der Waals surface area contributed by atoms with Gasteiger partial charge in [-0.25, -0.2) is 0 Å². The molecule has 0 bridgehead atoms. The summed E-state index contributed by atoms with van der Waals surface area (Å²) in [6.45, 7) is 8.19. The van der Waals surface area contributed by atoms with Gasteiger partial charge in [0.15, 0.2) is 0 Å². The first kappa shape index (κ1) is 20.5. The number of aromatic nitrogens is 3. The average molecular weight is 406 g/mol. The molecule has 7 heteroatoms. The van der Waals surface area contributed by atoms with E-state index in [1.54, 1.807) is 6.08 Å². The number of hydrogen-bond acceptors (Lipinski definition) is 5. The van der Waals surface area contributed by atoms with Crippen molar-refractivity contribution in [3.8, 4) is 11.8 Å². The van der Waals surface area contributed by atoms with Gasteiger partial charge in [-0.05, 0) is 42.7 Å². The molecule has 0 radical (unpaired) electrons. The Morgan fingerprint density at radius 2 is 2.10 bits per heavy atom. The zero-order chi connectivity index (χ0) is 21.0. The maximum Gasteiger partial charge on any atom is 0.268 e. The monoisotopic (exact) mass is 405 g/mol. The molecule has 29 heavy (non-hydrogen) atoms. The number of hydrogen-bond donors (Lipinski definition) is 1. The van der Waals surface area contributed by atoms with Crippen LogP contribution in [-0.2, 0) is 11.2 Å². The Labute approximate surface area is 174 Å². The Morgan fingerprint density at radius 1 is 1.31 bits per heavy atom. The van der Waals surface area contributed by atoms with Crippen LogP contribution in [0, 0.1) is 18.3 Å². The number of amides is 1. The van der Waals surface area contributed by atoms with E-state index < -0.39 is 5.91 Å². The third kappa shape index (κ3) is 4.44. The van der Waals surface area contributed by atoms with E-state index in [-0.39, 0.29) is 11.5 Å². The molecule has 0 atom stereocenters. The third-order valence-electron chi connectivity index (χ3n) is 4.54. The van der Waals surface area contributed by atoms with Gasteiger partial charge in [0.1, 0.15) is 16.6 Å². The second kappa shape index (κ2) is 8.84. The van der Waals surface area contributed by atoms with Crippen LogP contribution in [0.4, 0.5) is 5.13 Å². The minimum Gasteiger partial charge on any atom is -0.317 e. The summed E-state index contributed by atoms with van der Waals surface area (Å²) in [5, 5.41) is 21.5. The highest BCUT2D eigenvalue weighted by Gasteiger charge is 2.16. The van der Waals surface area contributed by atoms with Crippen molar-refractivity contribution in [3.63, 3.8) is 0 Å². The van der Waals surface area contributed by atoms with Gasteiger partial charge < -0.3 is 4.57 Å². The van der Waals surface area contributed by atoms with Crippen LogP contribution in [0.3, 0.4) is 0 Å². The smallest absolute Gasteiger partial charge is 0.268 e. The SMILES string of the molecule is CCc1cccc(C)c1-n1cccc1/C=C(/C#N)C(=O)Nc1nnc(C(C)C)s1. The summed E-state index contributed by atoms with van der Waals surface area (Å²) in [7, 11) is 0. The normalized spacial score (nSPS) is 11.5. The first-order valence-electron chi connectivity index (χ1n) is 9.47. The lowest BCUT2D eigenvalue weighted by atomic mass is 10.1. The topological polar surface area (TPSA) is 83.6 Å². The number of aryl methyl sites for hydroxylation is 2. The van der Waals surface area contributed by atoms with Crippen LogP contribution in [0.15, 0.2) is 42.1 Å². The number of para-hydroxylation sites is 1. The van der Waals surface area contributed by atoms with Crippen molar-refractivity contribution < 1.29 is 4.79 Å². The van der Waals surface area contributed by atoms with E-state index in [1.807, 2.05) is 48.9 Å². The molecule has 6 nitrogen and oxygen atoms in total. The van der Waals surface area contributed by atoms with Gasteiger partial charge in [-0.15, -0.1) is 10.2 Å². The molecule has 0 aliphatic carbocycles. The Bertz CT molecular complexity index is 1100. The second-order valence-corrected chi connectivity index (χ2v) is 7.97. The molecule has 3 rings (SSSR count). The molecular formula is C22H23N5OS. The highest BCUT2D eigenvalue weighted by atomic mass is 32.1. The van der Waals surface area contributed by atoms with Crippen LogP contribution in [0.2, 0.25) is 0 Å². The zero-order valence-electron chi connectivity index (χ0n) is 16.9. The summed E-state index contributed by atoms with van der Waals surface area (Å²) in [5.74, 6) is -0.263. The van der Waals surface area contributed by atoms with E-state index in [0.717, 1.165) is 28.4 Å².